The lowest BCUT2D eigenvalue weighted by Gasteiger charge is -2.06. The molecule has 1 heterocycles. The number of thiophene rings is 1. The van der Waals surface area contributed by atoms with E-state index in [0.29, 0.717) is 6.54 Å². The van der Waals surface area contributed by atoms with Crippen LogP contribution in [0.2, 0.25) is 0 Å². The molecule has 17 heavy (non-hydrogen) atoms. The van der Waals surface area contributed by atoms with Gasteiger partial charge >= 0.3 is 0 Å². The Kier molecular flexibility index (Phi) is 3.66. The van der Waals surface area contributed by atoms with E-state index >= 15 is 0 Å². The Bertz CT molecular complexity index is 508. The van der Waals surface area contributed by atoms with Gasteiger partial charge < -0.3 is 15.5 Å². The van der Waals surface area contributed by atoms with E-state index in [4.69, 9.17) is 5.11 Å². The van der Waals surface area contributed by atoms with Gasteiger partial charge in [0.1, 0.15) is 11.5 Å². The zero-order valence-corrected chi connectivity index (χ0v) is 10.4. The van der Waals surface area contributed by atoms with Gasteiger partial charge in [0.05, 0.1) is 0 Å². The Morgan fingerprint density at radius 2 is 1.94 bits per heavy atom. The molecule has 0 saturated carbocycles. The van der Waals surface area contributed by atoms with Gasteiger partial charge in [-0.3, -0.25) is 0 Å². The molecule has 90 valence electrons. The molecule has 0 unspecified atom stereocenters. The molecule has 3 N–H and O–H groups in total. The summed E-state index contributed by atoms with van der Waals surface area (Å²) in [5.41, 5.74) is 0.788. The van der Waals surface area contributed by atoms with E-state index in [1.165, 1.54) is 15.8 Å². The number of nitrogens with one attached hydrogen (secondary N) is 1. The van der Waals surface area contributed by atoms with E-state index in [1.54, 1.807) is 23.5 Å². The molecule has 3 nitrogen and oxygen atoms in total. The summed E-state index contributed by atoms with van der Waals surface area (Å²) in [5, 5.41) is 22.0. The van der Waals surface area contributed by atoms with Gasteiger partial charge in [-0.05, 0) is 25.1 Å². The Labute approximate surface area is 104 Å². The number of phenols is 2. The van der Waals surface area contributed by atoms with Gasteiger partial charge in [-0.1, -0.05) is 6.07 Å². The SMILES string of the molecule is Cc1ccc(CNCc2ccc(O)cc2O)s1. The third-order valence-corrected chi connectivity index (χ3v) is 3.48. The van der Waals surface area contributed by atoms with E-state index in [2.05, 4.69) is 24.4 Å². The van der Waals surface area contributed by atoms with E-state index in [-0.39, 0.29) is 11.5 Å². The molecule has 2 aromatic rings. The summed E-state index contributed by atoms with van der Waals surface area (Å²) in [6, 6.07) is 8.85. The van der Waals surface area contributed by atoms with E-state index in [9.17, 15) is 5.11 Å². The number of phenolic OH excluding ortho intramolecular Hbond substituents is 2. The summed E-state index contributed by atoms with van der Waals surface area (Å²) in [6.07, 6.45) is 0. The quantitative estimate of drug-likeness (QED) is 0.781. The first-order valence-electron chi connectivity index (χ1n) is 5.42. The van der Waals surface area contributed by atoms with Crippen molar-refractivity contribution in [2.75, 3.05) is 0 Å². The lowest BCUT2D eigenvalue weighted by atomic mass is 10.2. The van der Waals surface area contributed by atoms with Gasteiger partial charge in [0.15, 0.2) is 0 Å². The summed E-state index contributed by atoms with van der Waals surface area (Å²) in [5.74, 6) is 0.208. The van der Waals surface area contributed by atoms with Crippen LogP contribution in [0.15, 0.2) is 30.3 Å². The van der Waals surface area contributed by atoms with E-state index in [1.807, 2.05) is 0 Å². The van der Waals surface area contributed by atoms with Crippen LogP contribution in [0.3, 0.4) is 0 Å². The summed E-state index contributed by atoms with van der Waals surface area (Å²) in [4.78, 5) is 2.58. The van der Waals surface area contributed by atoms with Crippen LogP contribution < -0.4 is 5.32 Å². The molecule has 0 bridgehead atoms. The van der Waals surface area contributed by atoms with Crippen molar-refractivity contribution >= 4 is 11.3 Å². The van der Waals surface area contributed by atoms with Crippen molar-refractivity contribution in [3.8, 4) is 11.5 Å². The molecule has 0 aliphatic carbocycles. The fourth-order valence-corrected chi connectivity index (χ4v) is 2.46. The lowest BCUT2D eigenvalue weighted by Crippen LogP contribution is -2.11. The van der Waals surface area contributed by atoms with Crippen LogP contribution in [0.1, 0.15) is 15.3 Å². The lowest BCUT2D eigenvalue weighted by molar-refractivity contribution is 0.444. The maximum absolute atomic E-state index is 9.60. The van der Waals surface area contributed by atoms with Gasteiger partial charge in [0, 0.05) is 34.5 Å². The minimum atomic E-state index is 0.0835. The van der Waals surface area contributed by atoms with E-state index < -0.39 is 0 Å². The largest absolute Gasteiger partial charge is 0.508 e. The number of benzene rings is 1. The second-order valence-corrected chi connectivity index (χ2v) is 5.30. The fourth-order valence-electron chi connectivity index (χ4n) is 1.60. The number of hydrogen-bond donors (Lipinski definition) is 3. The third-order valence-electron chi connectivity index (χ3n) is 2.48. The summed E-state index contributed by atoms with van der Waals surface area (Å²) >= 11 is 1.76. The van der Waals surface area contributed by atoms with Crippen molar-refractivity contribution in [2.24, 2.45) is 0 Å². The molecule has 0 aliphatic heterocycles. The van der Waals surface area contributed by atoms with Crippen LogP contribution >= 0.6 is 11.3 Å². The molecule has 4 heteroatoms. The van der Waals surface area contributed by atoms with Crippen molar-refractivity contribution in [1.29, 1.82) is 0 Å². The average molecular weight is 249 g/mol. The van der Waals surface area contributed by atoms with Crippen LogP contribution in [-0.4, -0.2) is 10.2 Å². The Morgan fingerprint density at radius 3 is 2.59 bits per heavy atom. The fraction of sp³-hybridized carbons (Fsp3) is 0.231. The normalized spacial score (nSPS) is 10.6. The summed E-state index contributed by atoms with van der Waals surface area (Å²) in [6.45, 7) is 3.46. The molecule has 1 aromatic carbocycles. The maximum Gasteiger partial charge on any atom is 0.123 e. The van der Waals surface area contributed by atoms with Crippen molar-refractivity contribution in [3.63, 3.8) is 0 Å². The average Bonchev–Trinajstić information content (AvgIpc) is 2.68. The third kappa shape index (κ3) is 3.22. The first-order valence-corrected chi connectivity index (χ1v) is 6.23. The van der Waals surface area contributed by atoms with Crippen molar-refractivity contribution < 1.29 is 10.2 Å². The van der Waals surface area contributed by atoms with Gasteiger partial charge in [-0.2, -0.15) is 0 Å². The van der Waals surface area contributed by atoms with E-state index in [0.717, 1.165) is 12.1 Å². The van der Waals surface area contributed by atoms with Crippen LogP contribution in [0.4, 0.5) is 0 Å². The monoisotopic (exact) mass is 249 g/mol. The minimum absolute atomic E-state index is 0.0835. The number of aryl methyl sites for hydroxylation is 1. The zero-order valence-electron chi connectivity index (χ0n) is 9.60. The predicted molar refractivity (Wildman–Crippen MR) is 69.4 cm³/mol. The second kappa shape index (κ2) is 5.21. The zero-order chi connectivity index (χ0) is 12.3. The first kappa shape index (κ1) is 12.0. The first-order chi connectivity index (χ1) is 8.15. The van der Waals surface area contributed by atoms with Crippen molar-refractivity contribution in [3.05, 3.63) is 45.6 Å². The Balaban J connectivity index is 1.90. The molecule has 0 saturated heterocycles. The van der Waals surface area contributed by atoms with Crippen molar-refractivity contribution in [2.45, 2.75) is 20.0 Å². The molecule has 0 radical (unpaired) electrons. The molecule has 0 aliphatic rings. The minimum Gasteiger partial charge on any atom is -0.508 e. The van der Waals surface area contributed by atoms with Gasteiger partial charge in [-0.15, -0.1) is 11.3 Å². The Hall–Kier alpha value is -1.52. The van der Waals surface area contributed by atoms with Crippen LogP contribution in [0.5, 0.6) is 11.5 Å². The molecule has 0 fully saturated rings. The highest BCUT2D eigenvalue weighted by atomic mass is 32.1. The van der Waals surface area contributed by atoms with Gasteiger partial charge in [-0.25, -0.2) is 0 Å². The Morgan fingerprint density at radius 1 is 1.12 bits per heavy atom. The maximum atomic E-state index is 9.60. The summed E-state index contributed by atoms with van der Waals surface area (Å²) < 4.78 is 0. The van der Waals surface area contributed by atoms with Crippen molar-refractivity contribution in [1.82, 2.24) is 5.32 Å². The smallest absolute Gasteiger partial charge is 0.123 e. The molecule has 1 aromatic heterocycles. The molecule has 0 amide bonds. The highest BCUT2D eigenvalue weighted by Crippen LogP contribution is 2.22. The molecule has 0 atom stereocenters. The van der Waals surface area contributed by atoms with Crippen LogP contribution in [-0.2, 0) is 13.1 Å². The van der Waals surface area contributed by atoms with Crippen LogP contribution in [0, 0.1) is 6.92 Å². The highest BCUT2D eigenvalue weighted by molar-refractivity contribution is 7.11. The number of rotatable bonds is 4. The second-order valence-electron chi connectivity index (χ2n) is 3.93. The van der Waals surface area contributed by atoms with Gasteiger partial charge in [0.25, 0.3) is 0 Å². The van der Waals surface area contributed by atoms with Gasteiger partial charge in [0.2, 0.25) is 0 Å². The molecule has 0 spiro atoms. The highest BCUT2D eigenvalue weighted by Gasteiger charge is 2.02. The standard InChI is InChI=1S/C13H15NO2S/c1-9-2-5-12(17-9)8-14-7-10-3-4-11(15)6-13(10)16/h2-6,14-16H,7-8H2,1H3. The molecular formula is C13H15NO2S. The number of aromatic hydroxyl groups is 2. The summed E-state index contributed by atoms with van der Waals surface area (Å²) in [7, 11) is 0. The number of hydrogen-bond acceptors (Lipinski definition) is 4. The predicted octanol–water partition coefficient (Wildman–Crippen LogP) is 2.76. The molecular weight excluding hydrogens is 234 g/mol. The molecule has 2 rings (SSSR count). The topological polar surface area (TPSA) is 52.5 Å². The van der Waals surface area contributed by atoms with Crippen LogP contribution in [0.25, 0.3) is 0 Å².